The van der Waals surface area contributed by atoms with Crippen molar-refractivity contribution in [3.05, 3.63) is 23.9 Å². The van der Waals surface area contributed by atoms with Gasteiger partial charge in [0.05, 0.1) is 17.6 Å². The van der Waals surface area contributed by atoms with Crippen LogP contribution in [0.4, 0.5) is 23.8 Å². The molecule has 10 heteroatoms. The van der Waals surface area contributed by atoms with Crippen molar-refractivity contribution in [3.8, 4) is 0 Å². The molecular formula is C23H29F3N4O3. The molecule has 0 spiro atoms. The molecular weight excluding hydrogens is 437 g/mol. The number of primary amides is 1. The summed E-state index contributed by atoms with van der Waals surface area (Å²) < 4.78 is 38.9. The summed E-state index contributed by atoms with van der Waals surface area (Å²) in [7, 11) is 1.78. The van der Waals surface area contributed by atoms with Crippen LogP contribution in [0.2, 0.25) is 0 Å². The maximum Gasteiger partial charge on any atom is 0.417 e. The fourth-order valence-electron chi connectivity index (χ4n) is 7.76. The molecule has 6 rings (SSSR count). The van der Waals surface area contributed by atoms with Gasteiger partial charge in [0.15, 0.2) is 0 Å². The lowest BCUT2D eigenvalue weighted by Crippen LogP contribution is -2.62. The number of carbonyl (C=O) groups excluding carboxylic acids is 1. The molecule has 7 atom stereocenters. The predicted octanol–water partition coefficient (Wildman–Crippen LogP) is 3.59. The van der Waals surface area contributed by atoms with Crippen molar-refractivity contribution in [2.45, 2.75) is 56.8 Å². The Balaban J connectivity index is 1.45. The number of alkyl halides is 3. The van der Waals surface area contributed by atoms with Gasteiger partial charge in [0.2, 0.25) is 5.91 Å². The summed E-state index contributed by atoms with van der Waals surface area (Å²) in [5.41, 5.74) is 4.55. The number of aromatic nitrogens is 1. The molecule has 5 aliphatic rings. The van der Waals surface area contributed by atoms with E-state index in [0.717, 1.165) is 31.5 Å². The fraction of sp³-hybridized carbons (Fsp3) is 0.696. The Morgan fingerprint density at radius 1 is 1.21 bits per heavy atom. The molecule has 4 saturated carbocycles. The molecule has 4 bridgehead atoms. The lowest BCUT2D eigenvalue weighted by Gasteiger charge is -2.61. The normalized spacial score (nSPS) is 37.4. The molecule has 1 aromatic heterocycles. The fourth-order valence-corrected chi connectivity index (χ4v) is 7.76. The maximum absolute atomic E-state index is 13.0. The molecule has 180 valence electrons. The Hall–Kier alpha value is -2.52. The van der Waals surface area contributed by atoms with Crippen LogP contribution >= 0.6 is 0 Å². The van der Waals surface area contributed by atoms with Crippen LogP contribution in [0.5, 0.6) is 0 Å². The van der Waals surface area contributed by atoms with E-state index in [1.54, 1.807) is 7.05 Å². The average molecular weight is 467 g/mol. The van der Waals surface area contributed by atoms with Crippen molar-refractivity contribution < 1.29 is 27.9 Å². The molecule has 5 fully saturated rings. The zero-order chi connectivity index (χ0) is 23.7. The first-order valence-electron chi connectivity index (χ1n) is 11.6. The summed E-state index contributed by atoms with van der Waals surface area (Å²) in [5, 5.41) is 9.97. The molecule has 3 N–H and O–H groups in total. The van der Waals surface area contributed by atoms with E-state index in [1.807, 2.05) is 4.90 Å². The molecule has 2 amide bonds. The standard InChI is InChI=1S/C23H29F3N4O3/c1-29(17-3-2-15(11-28-17)23(24,25)26)16-4-5-30(21(32)33)19(16)18-13-6-12-7-14(18)10-22(8-12,9-13)20(27)31/h2-3,11-14,16,18-19H,4-10H2,1H3,(H2,27,31)(H,32,33)/t12?,13-,14?,16?,18?,19?,22?/m0/s1. The Labute approximate surface area is 190 Å². The highest BCUT2D eigenvalue weighted by Crippen LogP contribution is 2.64. The number of carboxylic acid groups (broad SMARTS) is 1. The van der Waals surface area contributed by atoms with Gasteiger partial charge in [-0.15, -0.1) is 0 Å². The second-order valence-corrected chi connectivity index (χ2v) is 10.5. The largest absolute Gasteiger partial charge is 0.465 e. The molecule has 4 aliphatic carbocycles. The molecule has 1 aromatic rings. The highest BCUT2D eigenvalue weighted by Gasteiger charge is 2.61. The Bertz CT molecular complexity index is 937. The molecule has 6 unspecified atom stereocenters. The van der Waals surface area contributed by atoms with Crippen molar-refractivity contribution in [2.75, 3.05) is 18.5 Å². The number of halogens is 3. The van der Waals surface area contributed by atoms with Gasteiger partial charge in [-0.3, -0.25) is 4.79 Å². The van der Waals surface area contributed by atoms with E-state index < -0.39 is 23.2 Å². The van der Waals surface area contributed by atoms with Crippen LogP contribution in [0.3, 0.4) is 0 Å². The highest BCUT2D eigenvalue weighted by atomic mass is 19.4. The SMILES string of the molecule is CN(c1ccc(C(F)(F)F)cn1)C1CCN(C(=O)O)C1C1C2CC3C[C@H]1CC(C(N)=O)(C3)C2. The molecule has 7 nitrogen and oxygen atoms in total. The first kappa shape index (κ1) is 22.3. The van der Waals surface area contributed by atoms with Gasteiger partial charge in [0.1, 0.15) is 5.82 Å². The summed E-state index contributed by atoms with van der Waals surface area (Å²) in [6.07, 6.45) is 0.183. The third-order valence-electron chi connectivity index (χ3n) is 8.86. The topological polar surface area (TPSA) is 99.8 Å². The van der Waals surface area contributed by atoms with Crippen molar-refractivity contribution >= 4 is 17.8 Å². The molecule has 0 radical (unpaired) electrons. The van der Waals surface area contributed by atoms with Gasteiger partial charge in [-0.25, -0.2) is 9.78 Å². The smallest absolute Gasteiger partial charge is 0.417 e. The van der Waals surface area contributed by atoms with Gasteiger partial charge < -0.3 is 20.6 Å². The maximum atomic E-state index is 13.0. The first-order valence-corrected chi connectivity index (χ1v) is 11.6. The minimum Gasteiger partial charge on any atom is -0.465 e. The number of likely N-dealkylation sites (tertiary alicyclic amines) is 1. The van der Waals surface area contributed by atoms with Crippen LogP contribution in [0.25, 0.3) is 0 Å². The van der Waals surface area contributed by atoms with Crippen molar-refractivity contribution in [1.29, 1.82) is 0 Å². The zero-order valence-electron chi connectivity index (χ0n) is 18.5. The van der Waals surface area contributed by atoms with Crippen molar-refractivity contribution in [3.63, 3.8) is 0 Å². The minimum atomic E-state index is -4.46. The lowest BCUT2D eigenvalue weighted by atomic mass is 9.44. The third kappa shape index (κ3) is 3.52. The predicted molar refractivity (Wildman–Crippen MR) is 113 cm³/mol. The second kappa shape index (κ2) is 7.50. The summed E-state index contributed by atoms with van der Waals surface area (Å²) >= 11 is 0. The highest BCUT2D eigenvalue weighted by molar-refractivity contribution is 5.81. The van der Waals surface area contributed by atoms with E-state index in [9.17, 15) is 27.9 Å². The van der Waals surface area contributed by atoms with Gasteiger partial charge in [0, 0.05) is 25.2 Å². The van der Waals surface area contributed by atoms with Gasteiger partial charge in [-0.05, 0) is 74.3 Å². The van der Waals surface area contributed by atoms with Crippen LogP contribution in [0.15, 0.2) is 18.3 Å². The zero-order valence-corrected chi connectivity index (χ0v) is 18.5. The second-order valence-electron chi connectivity index (χ2n) is 10.5. The van der Waals surface area contributed by atoms with E-state index in [1.165, 1.54) is 11.0 Å². The number of pyridine rings is 1. The summed E-state index contributed by atoms with van der Waals surface area (Å²) in [5.74, 6) is 1.18. The summed E-state index contributed by atoms with van der Waals surface area (Å²) in [6.45, 7) is 0.371. The van der Waals surface area contributed by atoms with Crippen LogP contribution in [0.1, 0.15) is 44.1 Å². The van der Waals surface area contributed by atoms with Gasteiger partial charge in [0.25, 0.3) is 0 Å². The van der Waals surface area contributed by atoms with Crippen LogP contribution in [-0.2, 0) is 11.0 Å². The lowest BCUT2D eigenvalue weighted by molar-refractivity contribution is -0.154. The van der Waals surface area contributed by atoms with Crippen molar-refractivity contribution in [1.82, 2.24) is 9.88 Å². The van der Waals surface area contributed by atoms with E-state index in [2.05, 4.69) is 4.98 Å². The number of carbonyl (C=O) groups is 2. The van der Waals surface area contributed by atoms with E-state index in [4.69, 9.17) is 5.73 Å². The number of hydrogen-bond acceptors (Lipinski definition) is 4. The van der Waals surface area contributed by atoms with Crippen LogP contribution < -0.4 is 10.6 Å². The Morgan fingerprint density at radius 2 is 1.88 bits per heavy atom. The van der Waals surface area contributed by atoms with Gasteiger partial charge in [-0.1, -0.05) is 0 Å². The third-order valence-corrected chi connectivity index (χ3v) is 8.86. The number of amides is 2. The van der Waals surface area contributed by atoms with E-state index in [0.29, 0.717) is 37.5 Å². The summed E-state index contributed by atoms with van der Waals surface area (Å²) in [4.78, 5) is 31.9. The summed E-state index contributed by atoms with van der Waals surface area (Å²) in [6, 6.07) is 1.87. The van der Waals surface area contributed by atoms with Crippen LogP contribution in [0, 0.1) is 29.1 Å². The Kier molecular flexibility index (Phi) is 5.06. The minimum absolute atomic E-state index is 0.106. The number of nitrogens with two attached hydrogens (primary N) is 1. The monoisotopic (exact) mass is 466 g/mol. The number of anilines is 1. The molecule has 1 aliphatic heterocycles. The molecule has 2 heterocycles. The first-order chi connectivity index (χ1) is 15.5. The number of hydrogen-bond donors (Lipinski definition) is 2. The van der Waals surface area contributed by atoms with Gasteiger partial charge in [-0.2, -0.15) is 13.2 Å². The number of likely N-dealkylation sites (N-methyl/N-ethyl adjacent to an activating group) is 1. The van der Waals surface area contributed by atoms with Crippen LogP contribution in [-0.4, -0.2) is 52.7 Å². The number of rotatable bonds is 4. The molecule has 33 heavy (non-hydrogen) atoms. The van der Waals surface area contributed by atoms with E-state index >= 15 is 0 Å². The average Bonchev–Trinajstić information content (AvgIpc) is 3.17. The number of nitrogens with zero attached hydrogens (tertiary/aromatic N) is 3. The van der Waals surface area contributed by atoms with Crippen molar-refractivity contribution in [2.24, 2.45) is 34.8 Å². The van der Waals surface area contributed by atoms with Gasteiger partial charge >= 0.3 is 12.3 Å². The van der Waals surface area contributed by atoms with E-state index in [-0.39, 0.29) is 35.7 Å². The molecule has 0 aromatic carbocycles. The quantitative estimate of drug-likeness (QED) is 0.707. The Morgan fingerprint density at radius 3 is 2.39 bits per heavy atom. The molecule has 1 saturated heterocycles.